The molecule has 3 nitrogen and oxygen atoms in total. The van der Waals surface area contributed by atoms with Gasteiger partial charge in [0.25, 0.3) is 0 Å². The van der Waals surface area contributed by atoms with Crippen molar-refractivity contribution >= 4 is 0 Å². The second kappa shape index (κ2) is 3.26. The first-order valence-electron chi connectivity index (χ1n) is 3.77. The van der Waals surface area contributed by atoms with Gasteiger partial charge in [-0.3, -0.25) is 0 Å². The summed E-state index contributed by atoms with van der Waals surface area (Å²) in [5.74, 6) is -0.457. The molecule has 13 heavy (non-hydrogen) atoms. The normalized spacial score (nSPS) is 9.92. The zero-order chi connectivity index (χ0) is 9.10. The fourth-order valence-corrected chi connectivity index (χ4v) is 1.05. The van der Waals surface area contributed by atoms with Gasteiger partial charge in [0, 0.05) is 5.56 Å². The Bertz CT molecular complexity index is 403. The highest BCUT2D eigenvalue weighted by molar-refractivity contribution is 5.58. The SMILES string of the molecule is Fc1cnnnc1-c1ccccc1. The maximum atomic E-state index is 13.1. The molecule has 4 heteroatoms. The van der Waals surface area contributed by atoms with Crippen molar-refractivity contribution in [1.82, 2.24) is 15.4 Å². The molecule has 2 rings (SSSR count). The highest BCUT2D eigenvalue weighted by Crippen LogP contribution is 2.17. The van der Waals surface area contributed by atoms with Crippen molar-refractivity contribution < 1.29 is 4.39 Å². The molecule has 0 aliphatic carbocycles. The molecule has 0 amide bonds. The highest BCUT2D eigenvalue weighted by atomic mass is 19.1. The van der Waals surface area contributed by atoms with E-state index in [-0.39, 0.29) is 5.69 Å². The molecule has 0 N–H and O–H groups in total. The average Bonchev–Trinajstić information content (AvgIpc) is 2.20. The number of aromatic nitrogens is 3. The molecule has 64 valence electrons. The summed E-state index contributed by atoms with van der Waals surface area (Å²) >= 11 is 0. The minimum Gasteiger partial charge on any atom is -0.203 e. The van der Waals surface area contributed by atoms with E-state index in [1.54, 1.807) is 12.1 Å². The van der Waals surface area contributed by atoms with Crippen LogP contribution in [0.15, 0.2) is 36.5 Å². The summed E-state index contributed by atoms with van der Waals surface area (Å²) in [6, 6.07) is 9.03. The monoisotopic (exact) mass is 175 g/mol. The van der Waals surface area contributed by atoms with Crippen molar-refractivity contribution in [3.05, 3.63) is 42.3 Å². The van der Waals surface area contributed by atoms with Crippen LogP contribution in [0.25, 0.3) is 11.3 Å². The molecule has 0 saturated carbocycles. The lowest BCUT2D eigenvalue weighted by Gasteiger charge is -1.98. The number of halogens is 1. The van der Waals surface area contributed by atoms with E-state index in [1.807, 2.05) is 18.2 Å². The van der Waals surface area contributed by atoms with Gasteiger partial charge in [0.2, 0.25) is 0 Å². The van der Waals surface area contributed by atoms with E-state index in [9.17, 15) is 4.39 Å². The third kappa shape index (κ3) is 1.51. The molecule has 1 heterocycles. The standard InChI is InChI=1S/C9H6FN3/c10-8-6-11-13-12-9(8)7-4-2-1-3-5-7/h1-6H. The Kier molecular flexibility index (Phi) is 1.96. The summed E-state index contributed by atoms with van der Waals surface area (Å²) in [5, 5.41) is 10.3. The second-order valence-corrected chi connectivity index (χ2v) is 2.50. The van der Waals surface area contributed by atoms with Crippen LogP contribution in [-0.4, -0.2) is 15.4 Å². The fraction of sp³-hybridized carbons (Fsp3) is 0. The van der Waals surface area contributed by atoms with Crippen LogP contribution in [0.4, 0.5) is 4.39 Å². The zero-order valence-corrected chi connectivity index (χ0v) is 6.68. The number of hydrogen-bond acceptors (Lipinski definition) is 3. The van der Waals surface area contributed by atoms with E-state index < -0.39 is 5.82 Å². The molecule has 0 spiro atoms. The molecular formula is C9H6FN3. The van der Waals surface area contributed by atoms with E-state index >= 15 is 0 Å². The topological polar surface area (TPSA) is 38.7 Å². The average molecular weight is 175 g/mol. The molecule has 0 fully saturated rings. The number of nitrogens with zero attached hydrogens (tertiary/aromatic N) is 3. The lowest BCUT2D eigenvalue weighted by Crippen LogP contribution is -1.94. The zero-order valence-electron chi connectivity index (χ0n) is 6.68. The van der Waals surface area contributed by atoms with Crippen LogP contribution in [0.1, 0.15) is 0 Å². The first-order valence-corrected chi connectivity index (χ1v) is 3.77. The first kappa shape index (κ1) is 7.79. The molecule has 1 aromatic heterocycles. The lowest BCUT2D eigenvalue weighted by atomic mass is 10.1. The maximum absolute atomic E-state index is 13.1. The van der Waals surface area contributed by atoms with Gasteiger partial charge in [-0.05, 0) is 5.21 Å². The van der Waals surface area contributed by atoms with Gasteiger partial charge >= 0.3 is 0 Å². The predicted octanol–water partition coefficient (Wildman–Crippen LogP) is 1.68. The van der Waals surface area contributed by atoms with Gasteiger partial charge in [-0.2, -0.15) is 0 Å². The van der Waals surface area contributed by atoms with E-state index in [4.69, 9.17) is 0 Å². The Morgan fingerprint density at radius 1 is 1.08 bits per heavy atom. The van der Waals surface area contributed by atoms with Crippen LogP contribution >= 0.6 is 0 Å². The third-order valence-corrected chi connectivity index (χ3v) is 1.64. The van der Waals surface area contributed by atoms with Crippen molar-refractivity contribution in [2.45, 2.75) is 0 Å². The van der Waals surface area contributed by atoms with Gasteiger partial charge < -0.3 is 0 Å². The van der Waals surface area contributed by atoms with Crippen LogP contribution in [0, 0.1) is 5.82 Å². The molecule has 2 aromatic rings. The van der Waals surface area contributed by atoms with Crippen molar-refractivity contribution in [2.75, 3.05) is 0 Å². The Morgan fingerprint density at radius 2 is 1.85 bits per heavy atom. The molecule has 0 atom stereocenters. The number of hydrogen-bond donors (Lipinski definition) is 0. The number of benzene rings is 1. The molecule has 0 aliphatic heterocycles. The van der Waals surface area contributed by atoms with Gasteiger partial charge in [0.05, 0.1) is 6.20 Å². The van der Waals surface area contributed by atoms with Crippen LogP contribution in [0.3, 0.4) is 0 Å². The largest absolute Gasteiger partial charge is 0.203 e. The summed E-state index contributed by atoms with van der Waals surface area (Å²) in [7, 11) is 0. The van der Waals surface area contributed by atoms with Gasteiger partial charge in [0.15, 0.2) is 5.82 Å². The lowest BCUT2D eigenvalue weighted by molar-refractivity contribution is 0.603. The molecule has 0 saturated heterocycles. The summed E-state index contributed by atoms with van der Waals surface area (Å²) in [5.41, 5.74) is 0.936. The quantitative estimate of drug-likeness (QED) is 0.661. The maximum Gasteiger partial charge on any atom is 0.171 e. The number of rotatable bonds is 1. The Morgan fingerprint density at radius 3 is 2.54 bits per heavy atom. The minimum absolute atomic E-state index is 0.232. The first-order chi connectivity index (χ1) is 6.38. The molecular weight excluding hydrogens is 169 g/mol. The van der Waals surface area contributed by atoms with Gasteiger partial charge in [0.1, 0.15) is 5.69 Å². The van der Waals surface area contributed by atoms with Crippen molar-refractivity contribution in [1.29, 1.82) is 0 Å². The van der Waals surface area contributed by atoms with Crippen LogP contribution in [-0.2, 0) is 0 Å². The molecule has 0 radical (unpaired) electrons. The van der Waals surface area contributed by atoms with Crippen molar-refractivity contribution in [2.24, 2.45) is 0 Å². The summed E-state index contributed by atoms with van der Waals surface area (Å²) in [6.07, 6.45) is 1.05. The summed E-state index contributed by atoms with van der Waals surface area (Å²) in [6.45, 7) is 0. The van der Waals surface area contributed by atoms with Crippen molar-refractivity contribution in [3.63, 3.8) is 0 Å². The van der Waals surface area contributed by atoms with Gasteiger partial charge in [-0.25, -0.2) is 4.39 Å². The highest BCUT2D eigenvalue weighted by Gasteiger charge is 2.05. The van der Waals surface area contributed by atoms with Gasteiger partial charge in [-0.1, -0.05) is 30.3 Å². The Balaban J connectivity index is 2.54. The van der Waals surface area contributed by atoms with Gasteiger partial charge in [-0.15, -0.1) is 10.2 Å². The van der Waals surface area contributed by atoms with E-state index in [0.29, 0.717) is 5.56 Å². The smallest absolute Gasteiger partial charge is 0.171 e. The van der Waals surface area contributed by atoms with Crippen LogP contribution in [0.2, 0.25) is 0 Å². The van der Waals surface area contributed by atoms with Crippen LogP contribution < -0.4 is 0 Å². The molecule has 0 aliphatic rings. The molecule has 1 aromatic carbocycles. The van der Waals surface area contributed by atoms with E-state index in [1.165, 1.54) is 0 Å². The van der Waals surface area contributed by atoms with Crippen molar-refractivity contribution in [3.8, 4) is 11.3 Å². The summed E-state index contributed by atoms with van der Waals surface area (Å²) in [4.78, 5) is 0. The molecule has 0 bridgehead atoms. The predicted molar refractivity (Wildman–Crippen MR) is 45.2 cm³/mol. The summed E-state index contributed by atoms with van der Waals surface area (Å²) < 4.78 is 13.1. The minimum atomic E-state index is -0.457. The van der Waals surface area contributed by atoms with Crippen LogP contribution in [0.5, 0.6) is 0 Å². The third-order valence-electron chi connectivity index (χ3n) is 1.64. The second-order valence-electron chi connectivity index (χ2n) is 2.50. The van der Waals surface area contributed by atoms with E-state index in [2.05, 4.69) is 15.4 Å². The fourth-order valence-electron chi connectivity index (χ4n) is 1.05. The molecule has 0 unspecified atom stereocenters. The van der Waals surface area contributed by atoms with E-state index in [0.717, 1.165) is 6.20 Å². The Hall–Kier alpha value is -1.84. The Labute approximate surface area is 74.2 Å².